The van der Waals surface area contributed by atoms with Crippen LogP contribution >= 0.6 is 11.6 Å². The molecule has 0 unspecified atom stereocenters. The van der Waals surface area contributed by atoms with Crippen molar-refractivity contribution in [2.45, 2.75) is 38.3 Å². The van der Waals surface area contributed by atoms with E-state index in [2.05, 4.69) is 10.2 Å². The maximum atomic E-state index is 12.7. The van der Waals surface area contributed by atoms with Gasteiger partial charge in [-0.25, -0.2) is 0 Å². The molecule has 0 aliphatic carbocycles. The molecule has 22 heavy (non-hydrogen) atoms. The van der Waals surface area contributed by atoms with Crippen LogP contribution in [0.1, 0.15) is 35.7 Å². The van der Waals surface area contributed by atoms with Crippen LogP contribution in [0.3, 0.4) is 0 Å². The zero-order chi connectivity index (χ0) is 15.3. The van der Waals surface area contributed by atoms with E-state index >= 15 is 0 Å². The summed E-state index contributed by atoms with van der Waals surface area (Å²) in [6.45, 7) is 5.33. The molecule has 1 aromatic rings. The molecule has 2 bridgehead atoms. The first-order valence-corrected chi connectivity index (χ1v) is 8.50. The Hall–Kier alpha value is -1.26. The summed E-state index contributed by atoms with van der Waals surface area (Å²) in [5, 5.41) is 3.83. The third-order valence-corrected chi connectivity index (χ3v) is 5.39. The van der Waals surface area contributed by atoms with E-state index in [0.717, 1.165) is 24.3 Å². The SMILES string of the molecule is C[C@@H]1Cc2cc(Cl)cc(C(=O)N[C@H]3CN4CCC3CC4)c2O1. The summed E-state index contributed by atoms with van der Waals surface area (Å²) in [6.07, 6.45) is 3.30. The number of amides is 1. The number of ether oxygens (including phenoxy) is 1. The molecule has 1 amide bonds. The summed E-state index contributed by atoms with van der Waals surface area (Å²) in [5.41, 5.74) is 1.63. The Balaban J connectivity index is 1.56. The van der Waals surface area contributed by atoms with Gasteiger partial charge in [0, 0.05) is 29.6 Å². The lowest BCUT2D eigenvalue weighted by atomic mass is 9.84. The maximum absolute atomic E-state index is 12.7. The van der Waals surface area contributed by atoms with Crippen molar-refractivity contribution in [1.82, 2.24) is 10.2 Å². The molecule has 4 aliphatic heterocycles. The number of piperidine rings is 3. The number of carbonyl (C=O) groups is 1. The van der Waals surface area contributed by atoms with Gasteiger partial charge in [0.1, 0.15) is 11.9 Å². The van der Waals surface area contributed by atoms with E-state index in [1.54, 1.807) is 6.07 Å². The smallest absolute Gasteiger partial charge is 0.255 e. The summed E-state index contributed by atoms with van der Waals surface area (Å²) in [6, 6.07) is 3.89. The lowest BCUT2D eigenvalue weighted by molar-refractivity contribution is 0.0618. The molecular formula is C17H21ClN2O2. The Bertz CT molecular complexity index is 611. The van der Waals surface area contributed by atoms with Crippen molar-refractivity contribution in [3.05, 3.63) is 28.3 Å². The minimum atomic E-state index is -0.0494. The van der Waals surface area contributed by atoms with Crippen LogP contribution in [0.25, 0.3) is 0 Å². The molecule has 5 heteroatoms. The van der Waals surface area contributed by atoms with Crippen molar-refractivity contribution in [2.75, 3.05) is 19.6 Å². The Morgan fingerprint density at radius 3 is 2.82 bits per heavy atom. The molecule has 0 aromatic heterocycles. The lowest BCUT2D eigenvalue weighted by Gasteiger charge is -2.44. The molecule has 0 radical (unpaired) electrons. The summed E-state index contributed by atoms with van der Waals surface area (Å²) in [7, 11) is 0. The van der Waals surface area contributed by atoms with Gasteiger partial charge in [-0.1, -0.05) is 11.6 Å². The highest BCUT2D eigenvalue weighted by molar-refractivity contribution is 6.31. The van der Waals surface area contributed by atoms with Crippen molar-refractivity contribution < 1.29 is 9.53 Å². The van der Waals surface area contributed by atoms with Crippen LogP contribution < -0.4 is 10.1 Å². The second kappa shape index (κ2) is 5.43. The predicted octanol–water partition coefficient (Wildman–Crippen LogP) is 2.49. The minimum absolute atomic E-state index is 0.0494. The molecule has 1 N–H and O–H groups in total. The Morgan fingerprint density at radius 2 is 2.14 bits per heavy atom. The van der Waals surface area contributed by atoms with E-state index in [1.807, 2.05) is 13.0 Å². The zero-order valence-electron chi connectivity index (χ0n) is 12.8. The van der Waals surface area contributed by atoms with Gasteiger partial charge in [-0.05, 0) is 50.9 Å². The molecule has 3 fully saturated rings. The molecule has 2 atom stereocenters. The molecule has 4 nitrogen and oxygen atoms in total. The standard InChI is InChI=1S/C17H21ClN2O2/c1-10-6-12-7-13(18)8-14(16(12)22-10)17(21)19-15-9-20-4-2-11(15)3-5-20/h7-8,10-11,15H,2-6,9H2,1H3,(H,19,21)/t10-,15+/m1/s1. The van der Waals surface area contributed by atoms with Crippen molar-refractivity contribution in [3.63, 3.8) is 0 Å². The Morgan fingerprint density at radius 1 is 1.36 bits per heavy atom. The monoisotopic (exact) mass is 320 g/mol. The first-order valence-electron chi connectivity index (χ1n) is 8.12. The largest absolute Gasteiger partial charge is 0.489 e. The first-order chi connectivity index (χ1) is 10.6. The highest BCUT2D eigenvalue weighted by Gasteiger charge is 2.36. The lowest BCUT2D eigenvalue weighted by Crippen LogP contribution is -2.57. The van der Waals surface area contributed by atoms with Gasteiger partial charge in [0.05, 0.1) is 5.56 Å². The van der Waals surface area contributed by atoms with Gasteiger partial charge in [0.25, 0.3) is 5.91 Å². The topological polar surface area (TPSA) is 41.6 Å². The van der Waals surface area contributed by atoms with Gasteiger partial charge in [0.2, 0.25) is 0 Å². The molecule has 5 rings (SSSR count). The molecule has 118 valence electrons. The third kappa shape index (κ3) is 2.48. The van der Waals surface area contributed by atoms with Gasteiger partial charge in [-0.3, -0.25) is 4.79 Å². The fraction of sp³-hybridized carbons (Fsp3) is 0.588. The van der Waals surface area contributed by atoms with Crippen LogP contribution in [0.4, 0.5) is 0 Å². The average Bonchev–Trinajstić information content (AvgIpc) is 2.87. The summed E-state index contributed by atoms with van der Waals surface area (Å²) in [5.74, 6) is 1.28. The second-order valence-corrected chi connectivity index (χ2v) is 7.23. The number of fused-ring (bicyclic) bond motifs is 4. The number of rotatable bonds is 2. The predicted molar refractivity (Wildman–Crippen MR) is 85.7 cm³/mol. The van der Waals surface area contributed by atoms with Crippen LogP contribution in [0, 0.1) is 5.92 Å². The van der Waals surface area contributed by atoms with Crippen LogP contribution in [0.5, 0.6) is 5.75 Å². The maximum Gasteiger partial charge on any atom is 0.255 e. The van der Waals surface area contributed by atoms with Gasteiger partial charge in [-0.15, -0.1) is 0 Å². The molecule has 4 heterocycles. The number of carbonyl (C=O) groups excluding carboxylic acids is 1. The molecular weight excluding hydrogens is 300 g/mol. The number of halogens is 1. The number of nitrogens with one attached hydrogen (secondary N) is 1. The van der Waals surface area contributed by atoms with E-state index < -0.39 is 0 Å². The molecule has 1 aromatic carbocycles. The fourth-order valence-corrected chi connectivity index (χ4v) is 4.28. The van der Waals surface area contributed by atoms with Crippen molar-refractivity contribution in [1.29, 1.82) is 0 Å². The zero-order valence-corrected chi connectivity index (χ0v) is 13.5. The minimum Gasteiger partial charge on any atom is -0.489 e. The summed E-state index contributed by atoms with van der Waals surface area (Å²) >= 11 is 6.18. The molecule has 0 spiro atoms. The van der Waals surface area contributed by atoms with Crippen molar-refractivity contribution in [3.8, 4) is 5.75 Å². The average molecular weight is 321 g/mol. The van der Waals surface area contributed by atoms with E-state index in [4.69, 9.17) is 16.3 Å². The van der Waals surface area contributed by atoms with Gasteiger partial charge < -0.3 is 15.0 Å². The first kappa shape index (κ1) is 14.3. The van der Waals surface area contributed by atoms with Crippen LogP contribution in [0.15, 0.2) is 12.1 Å². The van der Waals surface area contributed by atoms with E-state index in [-0.39, 0.29) is 18.1 Å². The van der Waals surface area contributed by atoms with E-state index in [0.29, 0.717) is 16.5 Å². The quantitative estimate of drug-likeness (QED) is 0.910. The highest BCUT2D eigenvalue weighted by Crippen LogP contribution is 2.36. The molecule has 4 aliphatic rings. The van der Waals surface area contributed by atoms with Gasteiger partial charge >= 0.3 is 0 Å². The highest BCUT2D eigenvalue weighted by atomic mass is 35.5. The summed E-state index contributed by atoms with van der Waals surface area (Å²) in [4.78, 5) is 15.2. The van der Waals surface area contributed by atoms with E-state index in [1.165, 1.54) is 25.9 Å². The Kier molecular flexibility index (Phi) is 3.54. The number of hydrogen-bond donors (Lipinski definition) is 1. The number of nitrogens with zero attached hydrogens (tertiary/aromatic N) is 1. The molecule has 3 saturated heterocycles. The fourth-order valence-electron chi connectivity index (χ4n) is 4.04. The van der Waals surface area contributed by atoms with Gasteiger partial charge in [0.15, 0.2) is 0 Å². The van der Waals surface area contributed by atoms with Crippen LogP contribution in [-0.2, 0) is 6.42 Å². The second-order valence-electron chi connectivity index (χ2n) is 6.79. The van der Waals surface area contributed by atoms with E-state index in [9.17, 15) is 4.79 Å². The number of benzene rings is 1. The summed E-state index contributed by atoms with van der Waals surface area (Å²) < 4.78 is 5.84. The molecule has 0 saturated carbocycles. The third-order valence-electron chi connectivity index (χ3n) is 5.17. The normalized spacial score (nSPS) is 32.5. The Labute approximate surface area is 135 Å². The number of hydrogen-bond acceptors (Lipinski definition) is 3. The van der Waals surface area contributed by atoms with Crippen molar-refractivity contribution in [2.24, 2.45) is 5.92 Å². The van der Waals surface area contributed by atoms with Crippen LogP contribution in [0.2, 0.25) is 5.02 Å². The van der Waals surface area contributed by atoms with Gasteiger partial charge in [-0.2, -0.15) is 0 Å². The van der Waals surface area contributed by atoms with Crippen molar-refractivity contribution >= 4 is 17.5 Å². The van der Waals surface area contributed by atoms with Crippen LogP contribution in [-0.4, -0.2) is 42.6 Å².